The second kappa shape index (κ2) is 7.55. The summed E-state index contributed by atoms with van der Waals surface area (Å²) in [6.45, 7) is 8.13. The van der Waals surface area contributed by atoms with E-state index in [9.17, 15) is 4.79 Å². The minimum absolute atomic E-state index is 0. The Morgan fingerprint density at radius 3 is 2.90 bits per heavy atom. The van der Waals surface area contributed by atoms with E-state index < -0.39 is 0 Å². The smallest absolute Gasteiger partial charge is 0.254 e. The molecule has 2 rings (SSSR count). The van der Waals surface area contributed by atoms with Gasteiger partial charge in [0.1, 0.15) is 6.33 Å². The monoisotopic (exact) mass is 298 g/mol. The topological polar surface area (TPSA) is 66.9 Å². The number of halogens is 1. The van der Waals surface area contributed by atoms with Crippen LogP contribution in [0.5, 0.6) is 0 Å². The normalized spacial score (nSPS) is 22.2. The number of rotatable bonds is 3. The number of aromatic nitrogens is 2. The third kappa shape index (κ3) is 3.90. The molecule has 112 valence electrons. The molecular formula is C14H23ClN4O. The highest BCUT2D eigenvalue weighted by Gasteiger charge is 2.24. The number of carbonyl (C=O) groups is 1. The average Bonchev–Trinajstić information content (AvgIpc) is 2.41. The third-order valence-corrected chi connectivity index (χ3v) is 3.64. The molecule has 0 saturated carbocycles. The average molecular weight is 299 g/mol. The molecule has 1 aliphatic rings. The molecule has 1 aliphatic heterocycles. The van der Waals surface area contributed by atoms with Gasteiger partial charge in [-0.05, 0) is 31.3 Å². The highest BCUT2D eigenvalue weighted by molar-refractivity contribution is 5.95. The van der Waals surface area contributed by atoms with Crippen molar-refractivity contribution in [2.45, 2.75) is 39.2 Å². The fourth-order valence-corrected chi connectivity index (χ4v) is 2.45. The third-order valence-electron chi connectivity index (χ3n) is 3.64. The molecule has 0 bridgehead atoms. The van der Waals surface area contributed by atoms with Crippen molar-refractivity contribution in [1.82, 2.24) is 20.6 Å². The van der Waals surface area contributed by atoms with Gasteiger partial charge in [0.05, 0.1) is 11.3 Å². The predicted octanol–water partition coefficient (Wildman–Crippen LogP) is 1.75. The van der Waals surface area contributed by atoms with Gasteiger partial charge in [-0.2, -0.15) is 0 Å². The van der Waals surface area contributed by atoms with Crippen LogP contribution >= 0.6 is 12.4 Å². The first-order chi connectivity index (χ1) is 9.09. The van der Waals surface area contributed by atoms with Crippen LogP contribution in [0.2, 0.25) is 0 Å². The van der Waals surface area contributed by atoms with Gasteiger partial charge >= 0.3 is 0 Å². The van der Waals surface area contributed by atoms with Gasteiger partial charge < -0.3 is 10.6 Å². The van der Waals surface area contributed by atoms with Crippen LogP contribution in [0.4, 0.5) is 0 Å². The number of hydrogen-bond acceptors (Lipinski definition) is 4. The summed E-state index contributed by atoms with van der Waals surface area (Å²) in [5.74, 6) is 0.613. The summed E-state index contributed by atoms with van der Waals surface area (Å²) >= 11 is 0. The van der Waals surface area contributed by atoms with Crippen molar-refractivity contribution in [3.8, 4) is 0 Å². The SMILES string of the molecule is CC(C)c1ncncc1C(=O)NC1CCNCC1C.Cl. The van der Waals surface area contributed by atoms with E-state index in [1.807, 2.05) is 13.8 Å². The summed E-state index contributed by atoms with van der Waals surface area (Å²) in [5, 5.41) is 6.45. The fourth-order valence-electron chi connectivity index (χ4n) is 2.45. The highest BCUT2D eigenvalue weighted by atomic mass is 35.5. The first-order valence-corrected chi connectivity index (χ1v) is 6.91. The van der Waals surface area contributed by atoms with Gasteiger partial charge in [0, 0.05) is 12.2 Å². The van der Waals surface area contributed by atoms with Gasteiger partial charge in [-0.1, -0.05) is 20.8 Å². The molecular weight excluding hydrogens is 276 g/mol. The number of piperidine rings is 1. The van der Waals surface area contributed by atoms with Crippen molar-refractivity contribution < 1.29 is 4.79 Å². The Hall–Kier alpha value is -1.20. The lowest BCUT2D eigenvalue weighted by Gasteiger charge is -2.30. The summed E-state index contributed by atoms with van der Waals surface area (Å²) in [6.07, 6.45) is 4.08. The van der Waals surface area contributed by atoms with Crippen LogP contribution in [0.1, 0.15) is 49.2 Å². The molecule has 6 heteroatoms. The zero-order valence-electron chi connectivity index (χ0n) is 12.2. The van der Waals surface area contributed by atoms with Crippen molar-refractivity contribution in [1.29, 1.82) is 0 Å². The lowest BCUT2D eigenvalue weighted by molar-refractivity contribution is 0.0912. The number of carbonyl (C=O) groups excluding carboxylic acids is 1. The molecule has 1 saturated heterocycles. The molecule has 1 aromatic rings. The van der Waals surface area contributed by atoms with Crippen LogP contribution in [0.25, 0.3) is 0 Å². The molecule has 1 amide bonds. The number of nitrogens with zero attached hydrogens (tertiary/aromatic N) is 2. The van der Waals surface area contributed by atoms with Gasteiger partial charge in [-0.25, -0.2) is 9.97 Å². The minimum atomic E-state index is -0.0527. The number of hydrogen-bond donors (Lipinski definition) is 2. The Kier molecular flexibility index (Phi) is 6.36. The molecule has 0 spiro atoms. The van der Waals surface area contributed by atoms with Gasteiger partial charge in [0.15, 0.2) is 0 Å². The van der Waals surface area contributed by atoms with Gasteiger partial charge in [0.25, 0.3) is 5.91 Å². The van der Waals surface area contributed by atoms with Crippen LogP contribution in [-0.4, -0.2) is 35.0 Å². The van der Waals surface area contributed by atoms with Crippen LogP contribution in [0.3, 0.4) is 0 Å². The van der Waals surface area contributed by atoms with Crippen LogP contribution in [-0.2, 0) is 0 Å². The first kappa shape index (κ1) is 16.9. The second-order valence-electron chi connectivity index (χ2n) is 5.53. The maximum atomic E-state index is 12.4. The maximum absolute atomic E-state index is 12.4. The standard InChI is InChI=1S/C14H22N4O.ClH/c1-9(2)13-11(7-16-8-17-13)14(19)18-12-4-5-15-6-10(12)3;/h7-10,12,15H,4-6H2,1-3H3,(H,18,19);1H. The predicted molar refractivity (Wildman–Crippen MR) is 81.3 cm³/mol. The Labute approximate surface area is 126 Å². The van der Waals surface area contributed by atoms with Crippen LogP contribution in [0, 0.1) is 5.92 Å². The number of nitrogens with one attached hydrogen (secondary N) is 2. The molecule has 20 heavy (non-hydrogen) atoms. The van der Waals surface area contributed by atoms with Crippen LogP contribution < -0.4 is 10.6 Å². The lowest BCUT2D eigenvalue weighted by atomic mass is 9.94. The summed E-state index contributed by atoms with van der Waals surface area (Å²) in [5.41, 5.74) is 1.41. The summed E-state index contributed by atoms with van der Waals surface area (Å²) in [4.78, 5) is 20.6. The first-order valence-electron chi connectivity index (χ1n) is 6.91. The van der Waals surface area contributed by atoms with E-state index >= 15 is 0 Å². The quantitative estimate of drug-likeness (QED) is 0.892. The summed E-state index contributed by atoms with van der Waals surface area (Å²) in [6, 6.07) is 0.231. The molecule has 5 nitrogen and oxygen atoms in total. The van der Waals surface area contributed by atoms with Crippen molar-refractivity contribution in [3.05, 3.63) is 23.8 Å². The molecule has 0 aliphatic carbocycles. The fraction of sp³-hybridized carbons (Fsp3) is 0.643. The largest absolute Gasteiger partial charge is 0.349 e. The second-order valence-corrected chi connectivity index (χ2v) is 5.53. The Morgan fingerprint density at radius 2 is 2.25 bits per heavy atom. The summed E-state index contributed by atoms with van der Waals surface area (Å²) < 4.78 is 0. The van der Waals surface area contributed by atoms with Crippen LogP contribution in [0.15, 0.2) is 12.5 Å². The molecule has 2 atom stereocenters. The molecule has 2 N–H and O–H groups in total. The van der Waals surface area contributed by atoms with E-state index in [4.69, 9.17) is 0 Å². The minimum Gasteiger partial charge on any atom is -0.349 e. The van der Waals surface area contributed by atoms with E-state index in [2.05, 4.69) is 27.5 Å². The van der Waals surface area contributed by atoms with E-state index in [1.165, 1.54) is 6.33 Å². The van der Waals surface area contributed by atoms with Crippen molar-refractivity contribution >= 4 is 18.3 Å². The molecule has 2 heterocycles. The molecule has 0 aromatic carbocycles. The van der Waals surface area contributed by atoms with Gasteiger partial charge in [-0.3, -0.25) is 4.79 Å². The number of amides is 1. The van der Waals surface area contributed by atoms with Gasteiger partial charge in [-0.15, -0.1) is 12.4 Å². The van der Waals surface area contributed by atoms with Crippen molar-refractivity contribution in [2.24, 2.45) is 5.92 Å². The Balaban J connectivity index is 0.00000200. The molecule has 0 radical (unpaired) electrons. The zero-order chi connectivity index (χ0) is 13.8. The van der Waals surface area contributed by atoms with E-state index in [1.54, 1.807) is 6.20 Å². The van der Waals surface area contributed by atoms with Crippen molar-refractivity contribution in [2.75, 3.05) is 13.1 Å². The lowest BCUT2D eigenvalue weighted by Crippen LogP contribution is -2.48. The van der Waals surface area contributed by atoms with E-state index in [0.717, 1.165) is 25.2 Å². The van der Waals surface area contributed by atoms with Crippen molar-refractivity contribution in [3.63, 3.8) is 0 Å². The summed E-state index contributed by atoms with van der Waals surface area (Å²) in [7, 11) is 0. The van der Waals surface area contributed by atoms with E-state index in [0.29, 0.717) is 11.5 Å². The Bertz CT molecular complexity index is 453. The molecule has 2 unspecified atom stereocenters. The highest BCUT2D eigenvalue weighted by Crippen LogP contribution is 2.17. The van der Waals surface area contributed by atoms with E-state index in [-0.39, 0.29) is 30.3 Å². The maximum Gasteiger partial charge on any atom is 0.254 e. The van der Waals surface area contributed by atoms with Gasteiger partial charge in [0.2, 0.25) is 0 Å². The zero-order valence-corrected chi connectivity index (χ0v) is 13.0. The molecule has 1 fully saturated rings. The Morgan fingerprint density at radius 1 is 1.50 bits per heavy atom. The molecule has 1 aromatic heterocycles.